The molecule has 0 aliphatic carbocycles. The van der Waals surface area contributed by atoms with E-state index in [4.69, 9.17) is 5.84 Å². The van der Waals surface area contributed by atoms with Crippen molar-refractivity contribution in [3.8, 4) is 0 Å². The molecule has 2 nitrogen and oxygen atoms in total. The minimum atomic E-state index is 0.147. The molecule has 3 N–H and O–H groups in total. The van der Waals surface area contributed by atoms with E-state index in [1.165, 1.54) is 25.8 Å². The van der Waals surface area contributed by atoms with Gasteiger partial charge in [-0.05, 0) is 59.5 Å². The van der Waals surface area contributed by atoms with E-state index in [1.807, 2.05) is 0 Å². The van der Waals surface area contributed by atoms with Crippen molar-refractivity contribution >= 4 is 22.6 Å². The van der Waals surface area contributed by atoms with Crippen molar-refractivity contribution < 1.29 is 0 Å². The maximum atomic E-state index is 5.76. The highest BCUT2D eigenvalue weighted by atomic mass is 127. The Labute approximate surface area is 128 Å². The van der Waals surface area contributed by atoms with Crippen molar-refractivity contribution in [1.29, 1.82) is 0 Å². The average Bonchev–Trinajstić information content (AvgIpc) is 2.40. The van der Waals surface area contributed by atoms with Gasteiger partial charge in [-0.1, -0.05) is 48.0 Å². The Bertz CT molecular complexity index is 566. The molecule has 0 fully saturated rings. The maximum absolute atomic E-state index is 5.76. The zero-order valence-corrected chi connectivity index (χ0v) is 13.4. The summed E-state index contributed by atoms with van der Waals surface area (Å²) in [5.41, 5.74) is 8.10. The Balaban J connectivity index is 2.28. The van der Waals surface area contributed by atoms with E-state index in [0.29, 0.717) is 0 Å². The predicted molar refractivity (Wildman–Crippen MR) is 88.8 cm³/mol. The molecule has 2 aromatic carbocycles. The molecule has 19 heavy (non-hydrogen) atoms. The van der Waals surface area contributed by atoms with Gasteiger partial charge in [-0.25, -0.2) is 0 Å². The van der Waals surface area contributed by atoms with E-state index < -0.39 is 0 Å². The van der Waals surface area contributed by atoms with Crippen LogP contribution in [-0.2, 0) is 6.42 Å². The monoisotopic (exact) mass is 366 g/mol. The summed E-state index contributed by atoms with van der Waals surface area (Å²) >= 11 is 2.40. The van der Waals surface area contributed by atoms with E-state index in [1.54, 1.807) is 0 Å². The van der Waals surface area contributed by atoms with Gasteiger partial charge in [-0.2, -0.15) is 0 Å². The topological polar surface area (TPSA) is 38.0 Å². The van der Waals surface area contributed by atoms with E-state index in [2.05, 4.69) is 84.3 Å². The van der Waals surface area contributed by atoms with Crippen molar-refractivity contribution in [2.75, 3.05) is 0 Å². The first-order valence-electron chi connectivity index (χ1n) is 6.38. The third kappa shape index (κ3) is 3.55. The highest BCUT2D eigenvalue weighted by Crippen LogP contribution is 2.25. The summed E-state index contributed by atoms with van der Waals surface area (Å²) in [6.07, 6.45) is 0.900. The van der Waals surface area contributed by atoms with Gasteiger partial charge in [0.25, 0.3) is 0 Å². The lowest BCUT2D eigenvalue weighted by atomic mass is 9.97. The van der Waals surface area contributed by atoms with Crippen LogP contribution < -0.4 is 11.3 Å². The molecule has 0 saturated carbocycles. The quantitative estimate of drug-likeness (QED) is 0.493. The second-order valence-electron chi connectivity index (χ2n) is 4.89. The highest BCUT2D eigenvalue weighted by molar-refractivity contribution is 14.1. The van der Waals surface area contributed by atoms with Crippen molar-refractivity contribution in [2.45, 2.75) is 26.3 Å². The van der Waals surface area contributed by atoms with Crippen molar-refractivity contribution in [2.24, 2.45) is 5.84 Å². The third-order valence-corrected chi connectivity index (χ3v) is 4.79. The molecule has 1 unspecified atom stereocenters. The summed E-state index contributed by atoms with van der Waals surface area (Å²) in [6, 6.07) is 15.1. The first-order valence-corrected chi connectivity index (χ1v) is 7.46. The maximum Gasteiger partial charge on any atom is 0.0510 e. The fourth-order valence-corrected chi connectivity index (χ4v) is 3.01. The minimum absolute atomic E-state index is 0.147. The number of benzene rings is 2. The van der Waals surface area contributed by atoms with E-state index in [0.717, 1.165) is 6.42 Å². The summed E-state index contributed by atoms with van der Waals surface area (Å²) in [5, 5.41) is 0. The summed E-state index contributed by atoms with van der Waals surface area (Å²) in [4.78, 5) is 0. The molecule has 0 amide bonds. The van der Waals surface area contributed by atoms with Gasteiger partial charge >= 0.3 is 0 Å². The molecule has 2 aromatic rings. The third-order valence-electron chi connectivity index (χ3n) is 3.32. The fraction of sp³-hybridized carbons (Fsp3) is 0.250. The minimum Gasteiger partial charge on any atom is -0.271 e. The summed E-state index contributed by atoms with van der Waals surface area (Å²) in [6.45, 7) is 4.25. The van der Waals surface area contributed by atoms with Gasteiger partial charge in [-0.15, -0.1) is 0 Å². The summed E-state index contributed by atoms with van der Waals surface area (Å²) in [7, 11) is 0. The Kier molecular flexibility index (Phi) is 4.96. The Morgan fingerprint density at radius 2 is 1.89 bits per heavy atom. The molecule has 0 aliphatic rings. The van der Waals surface area contributed by atoms with E-state index >= 15 is 0 Å². The van der Waals surface area contributed by atoms with Crippen LogP contribution in [0.5, 0.6) is 0 Å². The molecule has 0 saturated heterocycles. The lowest BCUT2D eigenvalue weighted by Crippen LogP contribution is -2.30. The molecule has 3 heteroatoms. The van der Waals surface area contributed by atoms with Crippen LogP contribution in [0.15, 0.2) is 42.5 Å². The SMILES string of the molecule is Cc1cccc(CC(NN)c2cccc(C)c2I)c1. The van der Waals surface area contributed by atoms with Gasteiger partial charge < -0.3 is 0 Å². The lowest BCUT2D eigenvalue weighted by Gasteiger charge is -2.19. The molecule has 100 valence electrons. The van der Waals surface area contributed by atoms with Crippen LogP contribution in [0.1, 0.15) is 28.3 Å². The van der Waals surface area contributed by atoms with Gasteiger partial charge in [-0.3, -0.25) is 11.3 Å². The zero-order chi connectivity index (χ0) is 13.8. The normalized spacial score (nSPS) is 12.4. The summed E-state index contributed by atoms with van der Waals surface area (Å²) in [5.74, 6) is 5.76. The molecule has 0 spiro atoms. The first-order chi connectivity index (χ1) is 9.11. The molecule has 2 rings (SSSR count). The van der Waals surface area contributed by atoms with Crippen LogP contribution >= 0.6 is 22.6 Å². The molecule has 0 aliphatic heterocycles. The van der Waals surface area contributed by atoms with Gasteiger partial charge in [0.05, 0.1) is 6.04 Å². The summed E-state index contributed by atoms with van der Waals surface area (Å²) < 4.78 is 1.29. The van der Waals surface area contributed by atoms with Gasteiger partial charge in [0.15, 0.2) is 0 Å². The van der Waals surface area contributed by atoms with E-state index in [-0.39, 0.29) is 6.04 Å². The number of hydrogen-bond donors (Lipinski definition) is 2. The van der Waals surface area contributed by atoms with Crippen LogP contribution in [-0.4, -0.2) is 0 Å². The fourth-order valence-electron chi connectivity index (χ4n) is 2.27. The van der Waals surface area contributed by atoms with Crippen LogP contribution in [0.3, 0.4) is 0 Å². The lowest BCUT2D eigenvalue weighted by molar-refractivity contribution is 0.549. The number of nitrogens with two attached hydrogens (primary N) is 1. The van der Waals surface area contributed by atoms with Crippen molar-refractivity contribution in [3.63, 3.8) is 0 Å². The number of nitrogens with one attached hydrogen (secondary N) is 1. The number of hydrogen-bond acceptors (Lipinski definition) is 2. The number of rotatable bonds is 4. The largest absolute Gasteiger partial charge is 0.271 e. The van der Waals surface area contributed by atoms with Crippen LogP contribution in [0.25, 0.3) is 0 Å². The number of hydrazine groups is 1. The molecule has 0 heterocycles. The van der Waals surface area contributed by atoms with Crippen LogP contribution in [0.4, 0.5) is 0 Å². The molecular formula is C16H19IN2. The van der Waals surface area contributed by atoms with E-state index in [9.17, 15) is 0 Å². The molecule has 1 atom stereocenters. The van der Waals surface area contributed by atoms with Crippen LogP contribution in [0.2, 0.25) is 0 Å². The Morgan fingerprint density at radius 1 is 1.16 bits per heavy atom. The highest BCUT2D eigenvalue weighted by Gasteiger charge is 2.14. The van der Waals surface area contributed by atoms with Crippen molar-refractivity contribution in [3.05, 3.63) is 68.3 Å². The van der Waals surface area contributed by atoms with Crippen molar-refractivity contribution in [1.82, 2.24) is 5.43 Å². The Hall–Kier alpha value is -0.910. The standard InChI is InChI=1S/C16H19IN2/c1-11-5-3-7-13(9-11)10-15(19-18)14-8-4-6-12(2)16(14)17/h3-9,15,19H,10,18H2,1-2H3. The number of halogens is 1. The Morgan fingerprint density at radius 3 is 2.58 bits per heavy atom. The van der Waals surface area contributed by atoms with Crippen LogP contribution in [0, 0.1) is 17.4 Å². The predicted octanol–water partition coefficient (Wildman–Crippen LogP) is 3.66. The second kappa shape index (κ2) is 6.50. The smallest absolute Gasteiger partial charge is 0.0510 e. The molecular weight excluding hydrogens is 347 g/mol. The molecule has 0 bridgehead atoms. The van der Waals surface area contributed by atoms with Gasteiger partial charge in [0.1, 0.15) is 0 Å². The van der Waals surface area contributed by atoms with Gasteiger partial charge in [0.2, 0.25) is 0 Å². The first kappa shape index (κ1) is 14.5. The number of aryl methyl sites for hydroxylation is 2. The van der Waals surface area contributed by atoms with Gasteiger partial charge in [0, 0.05) is 3.57 Å². The molecule has 0 radical (unpaired) electrons. The zero-order valence-electron chi connectivity index (χ0n) is 11.3. The molecule has 0 aromatic heterocycles. The average molecular weight is 366 g/mol. The second-order valence-corrected chi connectivity index (χ2v) is 5.97.